The quantitative estimate of drug-likeness (QED) is 0.853. The van der Waals surface area contributed by atoms with Crippen molar-refractivity contribution >= 4 is 11.0 Å². The van der Waals surface area contributed by atoms with Gasteiger partial charge in [-0.05, 0) is 14.1 Å². The number of aromatic nitrogens is 2. The summed E-state index contributed by atoms with van der Waals surface area (Å²) >= 11 is 0. The Bertz CT molecular complexity index is 493. The molecule has 92 valence electrons. The minimum Gasteiger partial charge on any atom is -0.493 e. The maximum atomic E-state index is 5.70. The molecule has 17 heavy (non-hydrogen) atoms. The fourth-order valence-corrected chi connectivity index (χ4v) is 1.55. The predicted octanol–water partition coefficient (Wildman–Crippen LogP) is 1.51. The number of hydrogen-bond acceptors (Lipinski definition) is 4. The molecule has 0 bridgehead atoms. The third kappa shape index (κ3) is 2.68. The van der Waals surface area contributed by atoms with Crippen molar-refractivity contribution in [3.05, 3.63) is 18.5 Å². The average molecular weight is 235 g/mol. The molecule has 0 saturated carbocycles. The molecular weight excluding hydrogens is 218 g/mol. The lowest BCUT2D eigenvalue weighted by Crippen LogP contribution is -2.19. The number of nitrogens with one attached hydrogen (secondary N) is 1. The Labute approximate surface area is 100 Å². The van der Waals surface area contributed by atoms with Crippen LogP contribution in [0.3, 0.4) is 0 Å². The van der Waals surface area contributed by atoms with Gasteiger partial charge in [0, 0.05) is 18.7 Å². The van der Waals surface area contributed by atoms with Crippen LogP contribution in [0.25, 0.3) is 11.0 Å². The summed E-state index contributed by atoms with van der Waals surface area (Å²) in [7, 11) is 5.66. The van der Waals surface area contributed by atoms with Gasteiger partial charge in [-0.3, -0.25) is 0 Å². The highest BCUT2D eigenvalue weighted by Gasteiger charge is 2.08. The van der Waals surface area contributed by atoms with Gasteiger partial charge in [-0.25, -0.2) is 4.98 Å². The Morgan fingerprint density at radius 2 is 2.12 bits per heavy atom. The topological polar surface area (TPSA) is 50.4 Å². The van der Waals surface area contributed by atoms with Crippen LogP contribution in [0.4, 0.5) is 0 Å². The Morgan fingerprint density at radius 3 is 2.82 bits per heavy atom. The molecule has 0 aliphatic carbocycles. The van der Waals surface area contributed by atoms with Gasteiger partial charge >= 0.3 is 0 Å². The Kier molecular flexibility index (Phi) is 3.49. The molecule has 0 amide bonds. The lowest BCUT2D eigenvalue weighted by molar-refractivity contribution is 0.251. The van der Waals surface area contributed by atoms with Crippen LogP contribution >= 0.6 is 0 Å². The van der Waals surface area contributed by atoms with E-state index in [4.69, 9.17) is 9.47 Å². The monoisotopic (exact) mass is 235 g/mol. The van der Waals surface area contributed by atoms with E-state index in [1.54, 1.807) is 13.4 Å². The van der Waals surface area contributed by atoms with Gasteiger partial charge < -0.3 is 19.4 Å². The first kappa shape index (κ1) is 11.7. The lowest BCUT2D eigenvalue weighted by Gasteiger charge is -2.13. The molecule has 0 aliphatic heterocycles. The number of ether oxygens (including phenoxy) is 2. The van der Waals surface area contributed by atoms with Gasteiger partial charge in [-0.1, -0.05) is 0 Å². The highest BCUT2D eigenvalue weighted by Crippen LogP contribution is 2.30. The van der Waals surface area contributed by atoms with Crippen LogP contribution in [-0.2, 0) is 0 Å². The molecular formula is C12H17N3O2. The summed E-state index contributed by atoms with van der Waals surface area (Å²) in [4.78, 5) is 9.30. The smallest absolute Gasteiger partial charge is 0.163 e. The normalized spacial score (nSPS) is 11.1. The molecule has 0 radical (unpaired) electrons. The molecule has 1 heterocycles. The van der Waals surface area contributed by atoms with Crippen LogP contribution in [0.15, 0.2) is 18.5 Å². The van der Waals surface area contributed by atoms with Crippen molar-refractivity contribution in [3.63, 3.8) is 0 Å². The third-order valence-electron chi connectivity index (χ3n) is 2.50. The zero-order chi connectivity index (χ0) is 12.3. The molecule has 0 unspecified atom stereocenters. The SMILES string of the molecule is COc1cc2nc[nH]c2cc1OCCN(C)C. The number of rotatable bonds is 5. The standard InChI is InChI=1S/C12H17N3O2/c1-15(2)4-5-17-12-7-10-9(13-8-14-10)6-11(12)16-3/h6-8H,4-5H2,1-3H3,(H,13,14). The fraction of sp³-hybridized carbons (Fsp3) is 0.417. The van der Waals surface area contributed by atoms with Gasteiger partial charge in [-0.2, -0.15) is 0 Å². The molecule has 1 N–H and O–H groups in total. The molecule has 0 fully saturated rings. The summed E-state index contributed by atoms with van der Waals surface area (Å²) in [6.45, 7) is 1.49. The first-order valence-corrected chi connectivity index (χ1v) is 5.49. The van der Waals surface area contributed by atoms with Crippen molar-refractivity contribution in [1.29, 1.82) is 0 Å². The van der Waals surface area contributed by atoms with Crippen molar-refractivity contribution in [2.24, 2.45) is 0 Å². The Hall–Kier alpha value is -1.75. The van der Waals surface area contributed by atoms with Crippen LogP contribution in [-0.4, -0.2) is 49.2 Å². The van der Waals surface area contributed by atoms with E-state index in [1.165, 1.54) is 0 Å². The van der Waals surface area contributed by atoms with E-state index in [9.17, 15) is 0 Å². The van der Waals surface area contributed by atoms with Crippen molar-refractivity contribution in [3.8, 4) is 11.5 Å². The first-order valence-electron chi connectivity index (χ1n) is 5.49. The maximum absolute atomic E-state index is 5.70. The van der Waals surface area contributed by atoms with Crippen molar-refractivity contribution in [2.45, 2.75) is 0 Å². The number of likely N-dealkylation sites (N-methyl/N-ethyl adjacent to an activating group) is 1. The second-order valence-electron chi connectivity index (χ2n) is 4.07. The summed E-state index contributed by atoms with van der Waals surface area (Å²) in [5.41, 5.74) is 1.83. The molecule has 5 nitrogen and oxygen atoms in total. The largest absolute Gasteiger partial charge is 0.493 e. The molecule has 5 heteroatoms. The van der Waals surface area contributed by atoms with E-state index in [-0.39, 0.29) is 0 Å². The van der Waals surface area contributed by atoms with Gasteiger partial charge in [0.2, 0.25) is 0 Å². The summed E-state index contributed by atoms with van der Waals surface area (Å²) in [6, 6.07) is 3.79. The summed E-state index contributed by atoms with van der Waals surface area (Å²) in [6.07, 6.45) is 1.66. The second-order valence-corrected chi connectivity index (χ2v) is 4.07. The zero-order valence-electron chi connectivity index (χ0n) is 10.4. The van der Waals surface area contributed by atoms with Crippen LogP contribution in [0.5, 0.6) is 11.5 Å². The van der Waals surface area contributed by atoms with Crippen molar-refractivity contribution in [2.75, 3.05) is 34.4 Å². The minimum absolute atomic E-state index is 0.628. The van der Waals surface area contributed by atoms with E-state index in [1.807, 2.05) is 26.2 Å². The van der Waals surface area contributed by atoms with Crippen LogP contribution in [0.1, 0.15) is 0 Å². The number of hydrogen-bond donors (Lipinski definition) is 1. The lowest BCUT2D eigenvalue weighted by atomic mass is 10.2. The molecule has 1 aromatic heterocycles. The Balaban J connectivity index is 2.18. The second kappa shape index (κ2) is 5.05. The first-order chi connectivity index (χ1) is 8.20. The summed E-state index contributed by atoms with van der Waals surface area (Å²) in [5.74, 6) is 1.45. The molecule has 1 aromatic carbocycles. The summed E-state index contributed by atoms with van der Waals surface area (Å²) in [5, 5.41) is 0. The van der Waals surface area contributed by atoms with Crippen molar-refractivity contribution < 1.29 is 9.47 Å². The fourth-order valence-electron chi connectivity index (χ4n) is 1.55. The van der Waals surface area contributed by atoms with Crippen LogP contribution in [0.2, 0.25) is 0 Å². The van der Waals surface area contributed by atoms with E-state index in [0.717, 1.165) is 23.3 Å². The molecule has 2 rings (SSSR count). The van der Waals surface area contributed by atoms with E-state index in [0.29, 0.717) is 12.4 Å². The number of nitrogens with zero attached hydrogens (tertiary/aromatic N) is 2. The zero-order valence-corrected chi connectivity index (χ0v) is 10.4. The molecule has 2 aromatic rings. The van der Waals surface area contributed by atoms with Gasteiger partial charge in [0.1, 0.15) is 6.61 Å². The van der Waals surface area contributed by atoms with E-state index in [2.05, 4.69) is 14.9 Å². The number of imidazole rings is 1. The molecule has 0 saturated heterocycles. The van der Waals surface area contributed by atoms with Gasteiger partial charge in [-0.15, -0.1) is 0 Å². The van der Waals surface area contributed by atoms with Crippen molar-refractivity contribution in [1.82, 2.24) is 14.9 Å². The van der Waals surface area contributed by atoms with Gasteiger partial charge in [0.15, 0.2) is 11.5 Å². The third-order valence-corrected chi connectivity index (χ3v) is 2.50. The van der Waals surface area contributed by atoms with Crippen LogP contribution < -0.4 is 9.47 Å². The molecule has 0 atom stereocenters. The average Bonchev–Trinajstić information content (AvgIpc) is 2.74. The van der Waals surface area contributed by atoms with E-state index >= 15 is 0 Å². The number of methoxy groups -OCH3 is 1. The number of benzene rings is 1. The van der Waals surface area contributed by atoms with E-state index < -0.39 is 0 Å². The van der Waals surface area contributed by atoms with Gasteiger partial charge in [0.05, 0.1) is 24.5 Å². The maximum Gasteiger partial charge on any atom is 0.163 e. The number of aromatic amines is 1. The van der Waals surface area contributed by atoms with Gasteiger partial charge in [0.25, 0.3) is 0 Å². The molecule has 0 spiro atoms. The highest BCUT2D eigenvalue weighted by atomic mass is 16.5. The summed E-state index contributed by atoms with van der Waals surface area (Å²) < 4.78 is 11.0. The predicted molar refractivity (Wildman–Crippen MR) is 66.7 cm³/mol. The number of fused-ring (bicyclic) bond motifs is 1. The highest BCUT2D eigenvalue weighted by molar-refractivity contribution is 5.79. The Morgan fingerprint density at radius 1 is 1.29 bits per heavy atom. The van der Waals surface area contributed by atoms with Crippen LogP contribution in [0, 0.1) is 0 Å². The number of H-pyrrole nitrogens is 1. The minimum atomic E-state index is 0.628. The molecule has 0 aliphatic rings.